The van der Waals surface area contributed by atoms with Crippen LogP contribution in [0.3, 0.4) is 0 Å². The minimum atomic E-state index is -1.07. The van der Waals surface area contributed by atoms with Crippen LogP contribution >= 0.6 is 0 Å². The summed E-state index contributed by atoms with van der Waals surface area (Å²) in [6, 6.07) is -0.344. The second kappa shape index (κ2) is 5.21. The SMILES string of the molecule is CN1CC[C@@H](C(NC(=O)O)C(C)(C)C)[C@@H](F)C1. The number of hydrogen-bond donors (Lipinski definition) is 2. The molecule has 3 atom stereocenters. The van der Waals surface area contributed by atoms with Crippen LogP contribution in [0, 0.1) is 11.3 Å². The Morgan fingerprint density at radius 2 is 2.12 bits per heavy atom. The zero-order chi connectivity index (χ0) is 13.2. The molecule has 2 N–H and O–H groups in total. The summed E-state index contributed by atoms with van der Waals surface area (Å²) in [7, 11) is 1.89. The summed E-state index contributed by atoms with van der Waals surface area (Å²) in [6.07, 6.45) is -1.35. The first kappa shape index (κ1) is 14.2. The van der Waals surface area contributed by atoms with Crippen LogP contribution in [0.15, 0.2) is 0 Å². The Kier molecular flexibility index (Phi) is 4.36. The van der Waals surface area contributed by atoms with Crippen LogP contribution in [0.2, 0.25) is 0 Å². The van der Waals surface area contributed by atoms with E-state index in [1.807, 2.05) is 32.7 Å². The maximum atomic E-state index is 14.1. The second-order valence-corrected chi connectivity index (χ2v) is 6.02. The number of halogens is 1. The van der Waals surface area contributed by atoms with Gasteiger partial charge in [-0.05, 0) is 25.4 Å². The largest absolute Gasteiger partial charge is 0.465 e. The highest BCUT2D eigenvalue weighted by atomic mass is 19.1. The molecule has 0 aliphatic carbocycles. The Bertz CT molecular complexity index is 278. The number of amides is 1. The highest BCUT2D eigenvalue weighted by Crippen LogP contribution is 2.33. The first-order valence-corrected chi connectivity index (χ1v) is 6.04. The Morgan fingerprint density at radius 3 is 2.53 bits per heavy atom. The van der Waals surface area contributed by atoms with Gasteiger partial charge in [0.25, 0.3) is 0 Å². The van der Waals surface area contributed by atoms with Gasteiger partial charge in [0, 0.05) is 18.5 Å². The number of piperidine rings is 1. The summed E-state index contributed by atoms with van der Waals surface area (Å²) in [5, 5.41) is 11.4. The summed E-state index contributed by atoms with van der Waals surface area (Å²) < 4.78 is 14.1. The van der Waals surface area contributed by atoms with Crippen LogP contribution in [-0.2, 0) is 0 Å². The van der Waals surface area contributed by atoms with Gasteiger partial charge in [-0.15, -0.1) is 0 Å². The quantitative estimate of drug-likeness (QED) is 0.783. The van der Waals surface area contributed by atoms with Crippen LogP contribution in [0.25, 0.3) is 0 Å². The predicted octanol–water partition coefficient (Wildman–Crippen LogP) is 1.96. The van der Waals surface area contributed by atoms with Crippen molar-refractivity contribution in [3.63, 3.8) is 0 Å². The van der Waals surface area contributed by atoms with E-state index in [1.54, 1.807) is 0 Å². The molecule has 0 spiro atoms. The number of alkyl halides is 1. The zero-order valence-electron chi connectivity index (χ0n) is 11.0. The summed E-state index contributed by atoms with van der Waals surface area (Å²) in [6.45, 7) is 7.04. The molecule has 0 aromatic carbocycles. The van der Waals surface area contributed by atoms with E-state index in [4.69, 9.17) is 5.11 Å². The fourth-order valence-electron chi connectivity index (χ4n) is 2.55. The van der Waals surface area contributed by atoms with Crippen LogP contribution in [0.4, 0.5) is 9.18 Å². The molecular formula is C12H23FN2O2. The van der Waals surface area contributed by atoms with Crippen LogP contribution in [0.1, 0.15) is 27.2 Å². The van der Waals surface area contributed by atoms with Crippen molar-refractivity contribution in [2.45, 2.75) is 39.4 Å². The average Bonchev–Trinajstić information content (AvgIpc) is 2.13. The molecule has 5 heteroatoms. The number of rotatable bonds is 2. The van der Waals surface area contributed by atoms with Gasteiger partial charge in [0.2, 0.25) is 0 Å². The van der Waals surface area contributed by atoms with Crippen molar-refractivity contribution < 1.29 is 14.3 Å². The molecule has 0 radical (unpaired) electrons. The predicted molar refractivity (Wildman–Crippen MR) is 64.9 cm³/mol. The van der Waals surface area contributed by atoms with Gasteiger partial charge in [0.05, 0.1) is 0 Å². The van der Waals surface area contributed by atoms with Crippen LogP contribution in [-0.4, -0.2) is 48.5 Å². The van der Waals surface area contributed by atoms with Gasteiger partial charge in [0.15, 0.2) is 0 Å². The number of nitrogens with zero attached hydrogens (tertiary/aromatic N) is 1. The van der Waals surface area contributed by atoms with Crippen LogP contribution in [0.5, 0.6) is 0 Å². The van der Waals surface area contributed by atoms with Gasteiger partial charge < -0.3 is 15.3 Å². The molecule has 1 heterocycles. The highest BCUT2D eigenvalue weighted by molar-refractivity contribution is 5.65. The van der Waals surface area contributed by atoms with Crippen molar-refractivity contribution in [1.29, 1.82) is 0 Å². The number of likely N-dealkylation sites (tertiary alicyclic amines) is 1. The maximum Gasteiger partial charge on any atom is 0.404 e. The lowest BCUT2D eigenvalue weighted by Gasteiger charge is -2.42. The van der Waals surface area contributed by atoms with E-state index in [2.05, 4.69) is 5.32 Å². The fourth-order valence-corrected chi connectivity index (χ4v) is 2.55. The van der Waals surface area contributed by atoms with E-state index < -0.39 is 12.3 Å². The molecule has 1 amide bonds. The van der Waals surface area contributed by atoms with E-state index in [1.165, 1.54) is 0 Å². The lowest BCUT2D eigenvalue weighted by Crippen LogP contribution is -2.55. The Balaban J connectivity index is 2.79. The van der Waals surface area contributed by atoms with E-state index >= 15 is 0 Å². The van der Waals surface area contributed by atoms with Crippen molar-refractivity contribution >= 4 is 6.09 Å². The molecule has 4 nitrogen and oxygen atoms in total. The zero-order valence-corrected chi connectivity index (χ0v) is 11.0. The van der Waals surface area contributed by atoms with Gasteiger partial charge in [-0.25, -0.2) is 9.18 Å². The molecule has 1 aliphatic heterocycles. The molecule has 100 valence electrons. The van der Waals surface area contributed by atoms with Crippen molar-refractivity contribution in [3.05, 3.63) is 0 Å². The van der Waals surface area contributed by atoms with Gasteiger partial charge in [-0.2, -0.15) is 0 Å². The summed E-state index contributed by atoms with van der Waals surface area (Å²) >= 11 is 0. The molecule has 17 heavy (non-hydrogen) atoms. The minimum Gasteiger partial charge on any atom is -0.465 e. The third-order valence-corrected chi connectivity index (χ3v) is 3.43. The van der Waals surface area contributed by atoms with E-state index in [0.717, 1.165) is 6.54 Å². The Hall–Kier alpha value is -0.840. The lowest BCUT2D eigenvalue weighted by molar-refractivity contribution is 0.0452. The fraction of sp³-hybridized carbons (Fsp3) is 0.917. The molecule has 1 rings (SSSR count). The van der Waals surface area contributed by atoms with Crippen molar-refractivity contribution in [2.75, 3.05) is 20.1 Å². The highest BCUT2D eigenvalue weighted by Gasteiger charge is 2.40. The maximum absolute atomic E-state index is 14.1. The molecule has 1 saturated heterocycles. The molecule has 1 aliphatic rings. The Labute approximate surface area is 102 Å². The molecule has 1 fully saturated rings. The first-order valence-electron chi connectivity index (χ1n) is 6.04. The van der Waals surface area contributed by atoms with E-state index in [-0.39, 0.29) is 17.4 Å². The van der Waals surface area contributed by atoms with Crippen molar-refractivity contribution in [3.8, 4) is 0 Å². The van der Waals surface area contributed by atoms with Crippen molar-refractivity contribution in [2.24, 2.45) is 11.3 Å². The molecule has 0 aromatic rings. The third-order valence-electron chi connectivity index (χ3n) is 3.43. The molecule has 0 aromatic heterocycles. The van der Waals surface area contributed by atoms with Gasteiger partial charge in [-0.1, -0.05) is 20.8 Å². The number of nitrogens with one attached hydrogen (secondary N) is 1. The van der Waals surface area contributed by atoms with E-state index in [9.17, 15) is 9.18 Å². The molecule has 0 bridgehead atoms. The van der Waals surface area contributed by atoms with Crippen molar-refractivity contribution in [1.82, 2.24) is 10.2 Å². The smallest absolute Gasteiger partial charge is 0.404 e. The number of carbonyl (C=O) groups is 1. The minimum absolute atomic E-state index is 0.234. The second-order valence-electron chi connectivity index (χ2n) is 6.02. The Morgan fingerprint density at radius 1 is 1.53 bits per heavy atom. The van der Waals surface area contributed by atoms with Gasteiger partial charge in [0.1, 0.15) is 6.17 Å². The normalized spacial score (nSPS) is 28.8. The topological polar surface area (TPSA) is 52.6 Å². The average molecular weight is 246 g/mol. The monoisotopic (exact) mass is 246 g/mol. The number of carboxylic acid groups (broad SMARTS) is 1. The number of hydrogen-bond acceptors (Lipinski definition) is 2. The van der Waals surface area contributed by atoms with E-state index in [0.29, 0.717) is 13.0 Å². The molecule has 0 saturated carbocycles. The standard InChI is InChI=1S/C12H23FN2O2/c1-12(2,3)10(14-11(16)17)8-5-6-15(4)7-9(8)13/h8-10,14H,5-7H2,1-4H3,(H,16,17)/t8-,9+,10?/m1/s1. The molecular weight excluding hydrogens is 223 g/mol. The third kappa shape index (κ3) is 3.84. The molecule has 1 unspecified atom stereocenters. The lowest BCUT2D eigenvalue weighted by atomic mass is 9.74. The van der Waals surface area contributed by atoms with Crippen LogP contribution < -0.4 is 5.32 Å². The summed E-state index contributed by atoms with van der Waals surface area (Å²) in [4.78, 5) is 12.8. The van der Waals surface area contributed by atoms with Gasteiger partial charge in [-0.3, -0.25) is 0 Å². The first-order chi connectivity index (χ1) is 7.71. The summed E-state index contributed by atoms with van der Waals surface area (Å²) in [5.74, 6) is -0.234. The van der Waals surface area contributed by atoms with Gasteiger partial charge >= 0.3 is 6.09 Å². The summed E-state index contributed by atoms with van der Waals surface area (Å²) in [5.41, 5.74) is -0.274.